The Balaban J connectivity index is 1.68. The van der Waals surface area contributed by atoms with Gasteiger partial charge in [0.1, 0.15) is 4.70 Å². The fourth-order valence-electron chi connectivity index (χ4n) is 3.70. The summed E-state index contributed by atoms with van der Waals surface area (Å²) in [5, 5.41) is 1.84. The minimum Gasteiger partial charge on any atom is -0.335 e. The highest BCUT2D eigenvalue weighted by atomic mass is 32.2. The first-order chi connectivity index (χ1) is 15.6. The zero-order valence-corrected chi connectivity index (χ0v) is 20.8. The van der Waals surface area contributed by atoms with E-state index in [0.29, 0.717) is 13.1 Å². The van der Waals surface area contributed by atoms with Gasteiger partial charge in [0.25, 0.3) is 25.2 Å². The number of nitrogens with zero attached hydrogens (tertiary/aromatic N) is 2. The Morgan fingerprint density at radius 1 is 0.909 bits per heavy atom. The van der Waals surface area contributed by atoms with Gasteiger partial charge in [-0.25, -0.2) is 0 Å². The zero-order chi connectivity index (χ0) is 23.6. The number of hydrogen-bond donors (Lipinski definition) is 2. The van der Waals surface area contributed by atoms with Crippen LogP contribution in [0.15, 0.2) is 58.5 Å². The van der Waals surface area contributed by atoms with Crippen molar-refractivity contribution in [1.29, 1.82) is 0 Å². The largest absolute Gasteiger partial charge is 0.335 e. The number of aryl methyl sites for hydroxylation is 1. The van der Waals surface area contributed by atoms with Gasteiger partial charge in [-0.05, 0) is 24.6 Å². The van der Waals surface area contributed by atoms with Gasteiger partial charge in [0.15, 0.2) is 6.54 Å². The van der Waals surface area contributed by atoms with Crippen LogP contribution in [0.4, 0.5) is 5.69 Å². The van der Waals surface area contributed by atoms with Crippen molar-refractivity contribution in [3.8, 4) is 0 Å². The molecular weight excluding hydrogens is 505 g/mol. The van der Waals surface area contributed by atoms with Crippen LogP contribution in [-0.2, 0) is 26.8 Å². The lowest BCUT2D eigenvalue weighted by Gasteiger charge is -2.19. The monoisotopic (exact) mass is 527 g/mol. The van der Waals surface area contributed by atoms with Gasteiger partial charge in [0.05, 0.1) is 28.3 Å². The van der Waals surface area contributed by atoms with Crippen LogP contribution in [0.2, 0.25) is 0 Å². The van der Waals surface area contributed by atoms with Gasteiger partial charge in [-0.3, -0.25) is 9.11 Å². The second-order valence-corrected chi connectivity index (χ2v) is 12.8. The SMILES string of the molecule is O=S(=O)(O)CCCN1C(=Cc2sc3ccccc3[n+]2CCCS(=O)(=O)O)Sc2ccccc21. The molecule has 2 heterocycles. The Morgan fingerprint density at radius 2 is 1.58 bits per heavy atom. The van der Waals surface area contributed by atoms with Crippen molar-refractivity contribution in [3.05, 3.63) is 58.6 Å². The Labute approximate surface area is 201 Å². The standard InChI is InChI=1S/C21H22N2O6S4/c24-32(25,26)13-5-11-22-16-7-1-3-9-18(16)30-20(22)15-21-23(12-6-14-33(27,28)29)17-8-2-4-10-19(17)31-21/h1-4,7-10,15H,5-6,11-14H2,(H-,24,25,26,27,28,29)/p+1. The number of benzene rings is 2. The first kappa shape index (κ1) is 24.2. The predicted octanol–water partition coefficient (Wildman–Crippen LogP) is 3.66. The molecule has 0 atom stereocenters. The molecule has 4 rings (SSSR count). The summed E-state index contributed by atoms with van der Waals surface area (Å²) in [4.78, 5) is 3.09. The molecule has 0 fully saturated rings. The third kappa shape index (κ3) is 6.14. The molecule has 8 nitrogen and oxygen atoms in total. The van der Waals surface area contributed by atoms with Gasteiger partial charge in [-0.2, -0.15) is 21.4 Å². The molecule has 176 valence electrons. The van der Waals surface area contributed by atoms with E-state index >= 15 is 0 Å². The summed E-state index contributed by atoms with van der Waals surface area (Å²) in [5.74, 6) is -0.635. The summed E-state index contributed by atoms with van der Waals surface area (Å²) in [7, 11) is -8.08. The van der Waals surface area contributed by atoms with E-state index in [1.807, 2.05) is 64.1 Å². The predicted molar refractivity (Wildman–Crippen MR) is 132 cm³/mol. The van der Waals surface area contributed by atoms with Gasteiger partial charge in [0.2, 0.25) is 5.52 Å². The second-order valence-electron chi connectivity index (χ2n) is 7.54. The first-order valence-electron chi connectivity index (χ1n) is 10.2. The van der Waals surface area contributed by atoms with Gasteiger partial charge >= 0.3 is 0 Å². The number of fused-ring (bicyclic) bond motifs is 2. The quantitative estimate of drug-likeness (QED) is 0.320. The number of thiazole rings is 1. The van der Waals surface area contributed by atoms with Crippen molar-refractivity contribution in [2.75, 3.05) is 23.0 Å². The van der Waals surface area contributed by atoms with Gasteiger partial charge in [-0.1, -0.05) is 47.4 Å². The minimum atomic E-state index is -4.04. The Bertz CT molecular complexity index is 1410. The molecule has 0 spiro atoms. The molecule has 0 aliphatic carbocycles. The van der Waals surface area contributed by atoms with E-state index in [1.54, 1.807) is 23.1 Å². The third-order valence-electron chi connectivity index (χ3n) is 5.09. The van der Waals surface area contributed by atoms with E-state index in [2.05, 4.69) is 0 Å². The van der Waals surface area contributed by atoms with E-state index in [-0.39, 0.29) is 24.3 Å². The zero-order valence-electron chi connectivity index (χ0n) is 17.5. The van der Waals surface area contributed by atoms with Crippen LogP contribution in [0, 0.1) is 0 Å². The van der Waals surface area contributed by atoms with E-state index < -0.39 is 20.2 Å². The Morgan fingerprint density at radius 3 is 2.33 bits per heavy atom. The molecule has 2 N–H and O–H groups in total. The minimum absolute atomic E-state index is 0.270. The van der Waals surface area contributed by atoms with Crippen LogP contribution in [0.1, 0.15) is 17.8 Å². The van der Waals surface area contributed by atoms with Crippen LogP contribution in [0.5, 0.6) is 0 Å². The number of rotatable bonds is 9. The molecule has 1 aliphatic rings. The number of thioether (sulfide) groups is 1. The number of aromatic nitrogens is 1. The van der Waals surface area contributed by atoms with Crippen molar-refractivity contribution in [2.45, 2.75) is 24.3 Å². The fraction of sp³-hybridized carbons (Fsp3) is 0.286. The third-order valence-corrected chi connectivity index (χ3v) is 8.92. The van der Waals surface area contributed by atoms with Crippen molar-refractivity contribution < 1.29 is 30.5 Å². The molecule has 0 amide bonds. The first-order valence-corrected chi connectivity index (χ1v) is 15.0. The maximum Gasteiger partial charge on any atom is 0.265 e. The van der Waals surface area contributed by atoms with Gasteiger partial charge < -0.3 is 4.90 Å². The smallest absolute Gasteiger partial charge is 0.265 e. The summed E-state index contributed by atoms with van der Waals surface area (Å²) in [6.07, 6.45) is 2.56. The number of hydrogen-bond acceptors (Lipinski definition) is 7. The molecule has 2 aromatic carbocycles. The average molecular weight is 528 g/mol. The highest BCUT2D eigenvalue weighted by Crippen LogP contribution is 2.46. The molecule has 0 bridgehead atoms. The van der Waals surface area contributed by atoms with Crippen LogP contribution in [0.25, 0.3) is 16.3 Å². The Kier molecular flexibility index (Phi) is 7.12. The lowest BCUT2D eigenvalue weighted by atomic mass is 10.3. The summed E-state index contributed by atoms with van der Waals surface area (Å²) in [6.45, 7) is 0.840. The molecular formula is C21H23N2O6S4+. The average Bonchev–Trinajstić information content (AvgIpc) is 3.25. The summed E-state index contributed by atoms with van der Waals surface area (Å²) < 4.78 is 66.1. The van der Waals surface area contributed by atoms with Crippen LogP contribution in [0.3, 0.4) is 0 Å². The molecule has 0 radical (unpaired) electrons. The maximum atomic E-state index is 11.2. The molecule has 1 aliphatic heterocycles. The normalized spacial score (nSPS) is 15.5. The fourth-order valence-corrected chi connectivity index (χ4v) is 7.01. The van der Waals surface area contributed by atoms with Crippen molar-refractivity contribution in [2.24, 2.45) is 0 Å². The molecule has 3 aromatic rings. The van der Waals surface area contributed by atoms with Crippen LogP contribution in [-0.4, -0.2) is 44.0 Å². The highest BCUT2D eigenvalue weighted by Gasteiger charge is 2.28. The van der Waals surface area contributed by atoms with Gasteiger partial charge in [-0.15, -0.1) is 0 Å². The topological polar surface area (TPSA) is 116 Å². The van der Waals surface area contributed by atoms with Crippen molar-refractivity contribution in [3.63, 3.8) is 0 Å². The van der Waals surface area contributed by atoms with Crippen LogP contribution >= 0.6 is 23.1 Å². The van der Waals surface area contributed by atoms with E-state index in [0.717, 1.165) is 30.8 Å². The van der Waals surface area contributed by atoms with E-state index in [1.165, 1.54) is 0 Å². The molecule has 0 saturated heterocycles. The second kappa shape index (κ2) is 9.72. The molecule has 12 heteroatoms. The number of para-hydroxylation sites is 2. The lowest BCUT2D eigenvalue weighted by Crippen LogP contribution is -2.36. The highest BCUT2D eigenvalue weighted by molar-refractivity contribution is 8.03. The molecule has 0 unspecified atom stereocenters. The molecule has 1 aromatic heterocycles. The van der Waals surface area contributed by atoms with Gasteiger partial charge in [0, 0.05) is 23.9 Å². The summed E-state index contributed by atoms with van der Waals surface area (Å²) in [5.41, 5.74) is 1.95. The number of anilines is 1. The van der Waals surface area contributed by atoms with Crippen molar-refractivity contribution >= 4 is 65.3 Å². The molecule has 33 heavy (non-hydrogen) atoms. The van der Waals surface area contributed by atoms with E-state index in [4.69, 9.17) is 9.11 Å². The Hall–Kier alpha value is -1.96. The van der Waals surface area contributed by atoms with Crippen molar-refractivity contribution in [1.82, 2.24) is 0 Å². The lowest BCUT2D eigenvalue weighted by molar-refractivity contribution is -0.668. The maximum absolute atomic E-state index is 11.2. The van der Waals surface area contributed by atoms with E-state index in [9.17, 15) is 16.8 Å². The summed E-state index contributed by atoms with van der Waals surface area (Å²) >= 11 is 3.15. The summed E-state index contributed by atoms with van der Waals surface area (Å²) in [6, 6.07) is 15.7. The molecule has 0 saturated carbocycles. The van der Waals surface area contributed by atoms with Crippen LogP contribution < -0.4 is 9.47 Å².